The number of anilines is 1. The normalized spacial score (nSPS) is 29.6. The van der Waals surface area contributed by atoms with Gasteiger partial charge in [-0.25, -0.2) is 0 Å². The summed E-state index contributed by atoms with van der Waals surface area (Å²) in [6, 6.07) is 7.92. The number of rotatable bonds is 4. The minimum absolute atomic E-state index is 0.0471. The third kappa shape index (κ3) is 4.28. The van der Waals surface area contributed by atoms with Crippen molar-refractivity contribution in [2.75, 3.05) is 45.6 Å². The first-order valence-corrected chi connectivity index (χ1v) is 13.9. The van der Waals surface area contributed by atoms with Crippen molar-refractivity contribution >= 4 is 35.2 Å². The number of nitrogens with one attached hydrogen (secondary N) is 2. The summed E-state index contributed by atoms with van der Waals surface area (Å²) in [5, 5.41) is 6.17. The third-order valence-corrected chi connectivity index (χ3v) is 9.05. The van der Waals surface area contributed by atoms with E-state index in [1.165, 1.54) is 0 Å². The summed E-state index contributed by atoms with van der Waals surface area (Å²) in [4.78, 5) is 55.1. The molecule has 10 heteroatoms. The van der Waals surface area contributed by atoms with Crippen molar-refractivity contribution in [1.29, 1.82) is 0 Å². The maximum atomic E-state index is 13.8. The zero-order valence-electron chi connectivity index (χ0n) is 22.3. The van der Waals surface area contributed by atoms with Crippen LogP contribution in [0, 0.1) is 11.3 Å². The molecule has 1 spiro atoms. The lowest BCUT2D eigenvalue weighted by atomic mass is 9.72. The topological polar surface area (TPSA) is 110 Å². The largest absolute Gasteiger partial charge is 0.355 e. The number of guanidine groups is 1. The number of likely N-dealkylation sites (N-methyl/N-ethyl adjacent to an activating group) is 1. The fourth-order valence-electron chi connectivity index (χ4n) is 6.77. The number of carbonyl (C=O) groups excluding carboxylic acids is 3. The minimum Gasteiger partial charge on any atom is -0.355 e. The monoisotopic (exact) mass is 519 g/mol. The fraction of sp³-hybridized carbons (Fsp3) is 0.607. The van der Waals surface area contributed by atoms with Crippen LogP contribution in [0.2, 0.25) is 0 Å². The Morgan fingerprint density at radius 1 is 1.13 bits per heavy atom. The van der Waals surface area contributed by atoms with Gasteiger partial charge in [-0.1, -0.05) is 12.8 Å². The molecule has 1 aromatic rings. The van der Waals surface area contributed by atoms with Crippen molar-refractivity contribution in [3.63, 3.8) is 0 Å². The second kappa shape index (κ2) is 9.80. The number of amides is 3. The van der Waals surface area contributed by atoms with Crippen LogP contribution >= 0.6 is 0 Å². The van der Waals surface area contributed by atoms with Crippen LogP contribution in [0.5, 0.6) is 0 Å². The van der Waals surface area contributed by atoms with Crippen molar-refractivity contribution in [3.05, 3.63) is 29.8 Å². The Labute approximate surface area is 223 Å². The molecule has 1 aromatic carbocycles. The van der Waals surface area contributed by atoms with E-state index in [0.717, 1.165) is 56.7 Å². The van der Waals surface area contributed by atoms with Crippen LogP contribution in [-0.4, -0.2) is 96.6 Å². The van der Waals surface area contributed by atoms with Gasteiger partial charge < -0.3 is 20.4 Å². The standard InChI is InChI=1S/C28H37N7O3/c1-33(2)22-11-14-34(17-22)24(36)18-7-9-20(10-8-18)31-27-30-16-19-15-28(12-13-29-25(28)37)26(38)35(23(19)32-27)21-5-3-4-6-21/h7-10,19,21-22H,3-6,11-17H2,1-2H3,(H,29,37)(H,30,31)/t19?,22-,28?/m0/s1. The van der Waals surface area contributed by atoms with Gasteiger partial charge in [-0.05, 0) is 70.5 Å². The Bertz CT molecular complexity index is 1190. The molecule has 4 aliphatic heterocycles. The summed E-state index contributed by atoms with van der Waals surface area (Å²) in [5.41, 5.74) is 0.478. The number of aliphatic imine (C=N–C) groups is 2. The Kier molecular flexibility index (Phi) is 6.45. The van der Waals surface area contributed by atoms with E-state index in [9.17, 15) is 14.4 Å². The van der Waals surface area contributed by atoms with Crippen LogP contribution in [0.1, 0.15) is 55.3 Å². The second-order valence-electron chi connectivity index (χ2n) is 11.6. The highest BCUT2D eigenvalue weighted by atomic mass is 16.2. The van der Waals surface area contributed by atoms with Crippen LogP contribution in [-0.2, 0) is 9.59 Å². The number of amidine groups is 1. The molecule has 1 saturated carbocycles. The third-order valence-electron chi connectivity index (χ3n) is 9.05. The van der Waals surface area contributed by atoms with Crippen LogP contribution in [0.15, 0.2) is 34.3 Å². The molecular formula is C28H37N7O3. The maximum absolute atomic E-state index is 13.8. The van der Waals surface area contributed by atoms with Gasteiger partial charge in [0.15, 0.2) is 0 Å². The molecule has 3 amide bonds. The van der Waals surface area contributed by atoms with Gasteiger partial charge in [0.05, 0.1) is 6.54 Å². The number of hydrogen-bond donors (Lipinski definition) is 2. The molecule has 202 valence electrons. The Hall–Kier alpha value is -3.27. The SMILES string of the molecule is CN(C)[C@H]1CCN(C(=O)c2ccc(NC3=NCC4CC5(CCNC5=O)C(=O)N(C5CCCC5)C4=N3)cc2)C1. The summed E-state index contributed by atoms with van der Waals surface area (Å²) < 4.78 is 0. The molecule has 4 heterocycles. The lowest BCUT2D eigenvalue weighted by molar-refractivity contribution is -0.149. The molecule has 6 rings (SSSR count). The Morgan fingerprint density at radius 3 is 2.55 bits per heavy atom. The summed E-state index contributed by atoms with van der Waals surface area (Å²) in [6.45, 7) is 2.56. The van der Waals surface area contributed by atoms with Crippen LogP contribution in [0.25, 0.3) is 0 Å². The van der Waals surface area contributed by atoms with E-state index in [-0.39, 0.29) is 29.7 Å². The molecule has 4 fully saturated rings. The first-order valence-electron chi connectivity index (χ1n) is 13.9. The van der Waals surface area contributed by atoms with E-state index in [4.69, 9.17) is 4.99 Å². The summed E-state index contributed by atoms with van der Waals surface area (Å²) in [6.07, 6.45) is 6.06. The predicted molar refractivity (Wildman–Crippen MR) is 145 cm³/mol. The highest BCUT2D eigenvalue weighted by Gasteiger charge is 2.58. The average molecular weight is 520 g/mol. The lowest BCUT2D eigenvalue weighted by Gasteiger charge is -2.45. The Morgan fingerprint density at radius 2 is 1.89 bits per heavy atom. The quantitative estimate of drug-likeness (QED) is 0.591. The highest BCUT2D eigenvalue weighted by molar-refractivity contribution is 6.18. The van der Waals surface area contributed by atoms with Gasteiger partial charge in [-0.2, -0.15) is 4.99 Å². The smallest absolute Gasteiger partial charge is 0.253 e. The molecule has 0 radical (unpaired) electrons. The summed E-state index contributed by atoms with van der Waals surface area (Å²) in [7, 11) is 4.11. The molecule has 2 unspecified atom stereocenters. The van der Waals surface area contributed by atoms with E-state index in [1.807, 2.05) is 34.1 Å². The van der Waals surface area contributed by atoms with Gasteiger partial charge in [-0.3, -0.25) is 24.3 Å². The second-order valence-corrected chi connectivity index (χ2v) is 11.6. The molecule has 3 saturated heterocycles. The van der Waals surface area contributed by atoms with E-state index >= 15 is 0 Å². The molecule has 10 nitrogen and oxygen atoms in total. The van der Waals surface area contributed by atoms with Gasteiger partial charge in [0.25, 0.3) is 5.91 Å². The molecule has 0 bridgehead atoms. The van der Waals surface area contributed by atoms with Crippen molar-refractivity contribution < 1.29 is 14.4 Å². The fourth-order valence-corrected chi connectivity index (χ4v) is 6.77. The van der Waals surface area contributed by atoms with E-state index in [0.29, 0.717) is 43.5 Å². The first kappa shape index (κ1) is 25.0. The molecule has 3 atom stereocenters. The predicted octanol–water partition coefficient (Wildman–Crippen LogP) is 1.94. The van der Waals surface area contributed by atoms with Crippen molar-refractivity contribution in [1.82, 2.24) is 20.0 Å². The van der Waals surface area contributed by atoms with Gasteiger partial charge >= 0.3 is 0 Å². The Balaban J connectivity index is 1.18. The summed E-state index contributed by atoms with van der Waals surface area (Å²) in [5.74, 6) is 0.994. The molecular weight excluding hydrogens is 482 g/mol. The molecule has 38 heavy (non-hydrogen) atoms. The first-order chi connectivity index (χ1) is 18.4. The number of nitrogens with zero attached hydrogens (tertiary/aromatic N) is 5. The molecule has 0 aromatic heterocycles. The van der Waals surface area contributed by atoms with Crippen molar-refractivity contribution in [3.8, 4) is 0 Å². The van der Waals surface area contributed by atoms with Crippen LogP contribution in [0.3, 0.4) is 0 Å². The van der Waals surface area contributed by atoms with Gasteiger partial charge in [-0.15, -0.1) is 0 Å². The highest BCUT2D eigenvalue weighted by Crippen LogP contribution is 2.44. The van der Waals surface area contributed by atoms with Gasteiger partial charge in [0.2, 0.25) is 17.8 Å². The molecule has 2 N–H and O–H groups in total. The number of likely N-dealkylation sites (tertiary alicyclic amines) is 2. The number of benzene rings is 1. The van der Waals surface area contributed by atoms with E-state index in [1.54, 1.807) is 0 Å². The van der Waals surface area contributed by atoms with Crippen molar-refractivity contribution in [2.45, 2.75) is 57.0 Å². The number of piperidine rings is 1. The molecule has 1 aliphatic carbocycles. The van der Waals surface area contributed by atoms with E-state index in [2.05, 4.69) is 34.6 Å². The van der Waals surface area contributed by atoms with Gasteiger partial charge in [0, 0.05) is 48.9 Å². The minimum atomic E-state index is -0.975. The average Bonchev–Trinajstić information content (AvgIpc) is 3.68. The number of carbonyl (C=O) groups is 3. The lowest BCUT2D eigenvalue weighted by Crippen LogP contribution is -2.61. The molecule has 5 aliphatic rings. The zero-order valence-corrected chi connectivity index (χ0v) is 22.3. The van der Waals surface area contributed by atoms with Crippen molar-refractivity contribution in [2.24, 2.45) is 21.3 Å². The summed E-state index contributed by atoms with van der Waals surface area (Å²) >= 11 is 0. The van der Waals surface area contributed by atoms with Crippen LogP contribution < -0.4 is 10.6 Å². The zero-order chi connectivity index (χ0) is 26.4. The number of hydrogen-bond acceptors (Lipinski definition) is 7. The van der Waals surface area contributed by atoms with Gasteiger partial charge in [0.1, 0.15) is 11.3 Å². The van der Waals surface area contributed by atoms with E-state index < -0.39 is 5.41 Å². The van der Waals surface area contributed by atoms with Crippen LogP contribution in [0.4, 0.5) is 5.69 Å². The number of fused-ring (bicyclic) bond motifs is 1. The maximum Gasteiger partial charge on any atom is 0.253 e.